The van der Waals surface area contributed by atoms with Gasteiger partial charge >= 0.3 is 0 Å². The lowest BCUT2D eigenvalue weighted by Crippen LogP contribution is -2.35. The summed E-state index contributed by atoms with van der Waals surface area (Å²) in [7, 11) is 0. The van der Waals surface area contributed by atoms with Crippen LogP contribution in [0.1, 0.15) is 24.0 Å². The molecule has 0 bridgehead atoms. The molecule has 1 saturated heterocycles. The van der Waals surface area contributed by atoms with Gasteiger partial charge in [0.25, 0.3) is 0 Å². The van der Waals surface area contributed by atoms with Crippen LogP contribution in [0.5, 0.6) is 0 Å². The van der Waals surface area contributed by atoms with Gasteiger partial charge in [-0.15, -0.1) is 0 Å². The summed E-state index contributed by atoms with van der Waals surface area (Å²) in [4.78, 5) is 16.4. The van der Waals surface area contributed by atoms with E-state index in [4.69, 9.17) is 10.5 Å². The zero-order valence-corrected chi connectivity index (χ0v) is 16.2. The maximum absolute atomic E-state index is 12.4. The molecule has 1 aliphatic rings. The number of rotatable bonds is 7. The van der Waals surface area contributed by atoms with Gasteiger partial charge in [-0.1, -0.05) is 48.5 Å². The van der Waals surface area contributed by atoms with E-state index >= 15 is 0 Å². The Balaban J connectivity index is 1.42. The molecule has 7 nitrogen and oxygen atoms in total. The van der Waals surface area contributed by atoms with Crippen molar-refractivity contribution in [2.24, 2.45) is 5.73 Å². The summed E-state index contributed by atoms with van der Waals surface area (Å²) in [5.74, 6) is -0.0704. The molecule has 2 atom stereocenters. The normalized spacial score (nSPS) is 18.7. The van der Waals surface area contributed by atoms with Crippen molar-refractivity contribution in [3.05, 3.63) is 72.3 Å². The standard InChI is InChI=1S/C22H25N5O2/c23-11-19-9-10-21(29-19)22(28)25-12-18-3-1-2-4-20(18)17-7-5-16(6-8-17)13-27-15-24-14-26-27/h1-8,14-15,19,21H,9-13,23H2,(H,25,28)/t19-,21+/m1/s1. The molecule has 0 radical (unpaired) electrons. The van der Waals surface area contributed by atoms with Crippen LogP contribution in [-0.2, 0) is 22.6 Å². The van der Waals surface area contributed by atoms with Crippen molar-refractivity contribution in [3.63, 3.8) is 0 Å². The lowest BCUT2D eigenvalue weighted by molar-refractivity contribution is -0.132. The predicted octanol–water partition coefficient (Wildman–Crippen LogP) is 2.12. The van der Waals surface area contributed by atoms with E-state index in [2.05, 4.69) is 45.7 Å². The molecule has 1 fully saturated rings. The van der Waals surface area contributed by atoms with Gasteiger partial charge in [-0.3, -0.25) is 4.79 Å². The van der Waals surface area contributed by atoms with Crippen LogP contribution in [0.15, 0.2) is 61.2 Å². The Morgan fingerprint density at radius 2 is 2.00 bits per heavy atom. The lowest BCUT2D eigenvalue weighted by Gasteiger charge is -2.15. The quantitative estimate of drug-likeness (QED) is 0.643. The van der Waals surface area contributed by atoms with Gasteiger partial charge in [0.15, 0.2) is 0 Å². The highest BCUT2D eigenvalue weighted by Gasteiger charge is 2.29. The molecule has 2 aromatic carbocycles. The Morgan fingerprint density at radius 3 is 2.72 bits per heavy atom. The SMILES string of the molecule is NC[C@H]1CC[C@@H](C(=O)NCc2ccccc2-c2ccc(Cn3cncn3)cc2)O1. The Morgan fingerprint density at radius 1 is 1.17 bits per heavy atom. The number of nitrogens with zero attached hydrogens (tertiary/aromatic N) is 3. The zero-order valence-electron chi connectivity index (χ0n) is 16.2. The smallest absolute Gasteiger partial charge is 0.249 e. The fourth-order valence-electron chi connectivity index (χ4n) is 3.62. The number of carbonyl (C=O) groups is 1. The number of benzene rings is 2. The second-order valence-corrected chi connectivity index (χ2v) is 7.22. The molecule has 3 aromatic rings. The van der Waals surface area contributed by atoms with Crippen molar-refractivity contribution >= 4 is 5.91 Å². The van der Waals surface area contributed by atoms with Crippen molar-refractivity contribution in [2.75, 3.05) is 6.54 Å². The number of ether oxygens (including phenoxy) is 1. The van der Waals surface area contributed by atoms with Gasteiger partial charge in [-0.25, -0.2) is 9.67 Å². The number of amides is 1. The first-order valence-corrected chi connectivity index (χ1v) is 9.86. The van der Waals surface area contributed by atoms with Crippen molar-refractivity contribution in [1.82, 2.24) is 20.1 Å². The van der Waals surface area contributed by atoms with Crippen LogP contribution in [0, 0.1) is 0 Å². The Labute approximate surface area is 169 Å². The van der Waals surface area contributed by atoms with Crippen molar-refractivity contribution in [2.45, 2.75) is 38.1 Å². The van der Waals surface area contributed by atoms with Crippen LogP contribution < -0.4 is 11.1 Å². The van der Waals surface area contributed by atoms with E-state index in [1.54, 1.807) is 11.0 Å². The number of hydrogen-bond acceptors (Lipinski definition) is 5. The molecule has 1 aromatic heterocycles. The third kappa shape index (κ3) is 4.70. The van der Waals surface area contributed by atoms with Crippen LogP contribution >= 0.6 is 0 Å². The minimum atomic E-state index is -0.396. The average molecular weight is 391 g/mol. The maximum atomic E-state index is 12.4. The fraction of sp³-hybridized carbons (Fsp3) is 0.318. The van der Waals surface area contributed by atoms with Gasteiger partial charge in [0.1, 0.15) is 18.8 Å². The fourth-order valence-corrected chi connectivity index (χ4v) is 3.62. The summed E-state index contributed by atoms with van der Waals surface area (Å²) in [6, 6.07) is 16.5. The number of nitrogens with one attached hydrogen (secondary N) is 1. The van der Waals surface area contributed by atoms with Gasteiger partial charge in [0, 0.05) is 13.1 Å². The number of hydrogen-bond donors (Lipinski definition) is 2. The molecular formula is C22H25N5O2. The second-order valence-electron chi connectivity index (χ2n) is 7.22. The number of carbonyl (C=O) groups excluding carboxylic acids is 1. The Kier molecular flexibility index (Phi) is 5.97. The Bertz CT molecular complexity index is 940. The van der Waals surface area contributed by atoms with Crippen LogP contribution in [0.2, 0.25) is 0 Å². The third-order valence-corrected chi connectivity index (χ3v) is 5.21. The average Bonchev–Trinajstić information content (AvgIpc) is 3.45. The minimum Gasteiger partial charge on any atom is -0.364 e. The molecule has 0 unspecified atom stereocenters. The first kappa shape index (κ1) is 19.3. The molecule has 3 N–H and O–H groups in total. The maximum Gasteiger partial charge on any atom is 0.249 e. The van der Waals surface area contributed by atoms with E-state index < -0.39 is 6.10 Å². The van der Waals surface area contributed by atoms with E-state index in [1.807, 2.05) is 18.2 Å². The molecule has 0 aliphatic carbocycles. The molecule has 29 heavy (non-hydrogen) atoms. The van der Waals surface area contributed by atoms with Crippen molar-refractivity contribution < 1.29 is 9.53 Å². The topological polar surface area (TPSA) is 95.1 Å². The van der Waals surface area contributed by atoms with Crippen LogP contribution in [0.3, 0.4) is 0 Å². The number of nitrogens with two attached hydrogens (primary N) is 1. The van der Waals surface area contributed by atoms with Crippen LogP contribution in [0.4, 0.5) is 0 Å². The largest absolute Gasteiger partial charge is 0.364 e. The molecule has 0 saturated carbocycles. The summed E-state index contributed by atoms with van der Waals surface area (Å²) in [5, 5.41) is 7.15. The summed E-state index contributed by atoms with van der Waals surface area (Å²) in [6.45, 7) is 1.60. The van der Waals surface area contributed by atoms with E-state index in [-0.39, 0.29) is 12.0 Å². The summed E-state index contributed by atoms with van der Waals surface area (Å²) < 4.78 is 7.47. The molecule has 7 heteroatoms. The molecule has 4 rings (SSSR count). The molecule has 2 heterocycles. The highest BCUT2D eigenvalue weighted by molar-refractivity contribution is 5.81. The first-order chi connectivity index (χ1) is 14.2. The predicted molar refractivity (Wildman–Crippen MR) is 110 cm³/mol. The van der Waals surface area contributed by atoms with E-state index in [9.17, 15) is 4.79 Å². The molecule has 150 valence electrons. The van der Waals surface area contributed by atoms with Crippen molar-refractivity contribution in [3.8, 4) is 11.1 Å². The first-order valence-electron chi connectivity index (χ1n) is 9.86. The van der Waals surface area contributed by atoms with E-state index in [0.717, 1.165) is 35.1 Å². The summed E-state index contributed by atoms with van der Waals surface area (Å²) in [5.41, 5.74) is 10.1. The van der Waals surface area contributed by atoms with Crippen molar-refractivity contribution in [1.29, 1.82) is 0 Å². The monoisotopic (exact) mass is 391 g/mol. The van der Waals surface area contributed by atoms with Gasteiger partial charge in [-0.2, -0.15) is 5.10 Å². The highest BCUT2D eigenvalue weighted by Crippen LogP contribution is 2.25. The minimum absolute atomic E-state index is 0.00549. The second kappa shape index (κ2) is 8.98. The molecule has 1 aliphatic heterocycles. The summed E-state index contributed by atoms with van der Waals surface area (Å²) in [6.07, 6.45) is 4.40. The van der Waals surface area contributed by atoms with E-state index in [1.165, 1.54) is 6.33 Å². The van der Waals surface area contributed by atoms with E-state index in [0.29, 0.717) is 19.6 Å². The zero-order chi connectivity index (χ0) is 20.1. The van der Waals surface area contributed by atoms with Gasteiger partial charge in [-0.05, 0) is 35.1 Å². The molecule has 0 spiro atoms. The number of aromatic nitrogens is 3. The van der Waals surface area contributed by atoms with Crippen LogP contribution in [-0.4, -0.2) is 39.4 Å². The Hall–Kier alpha value is -3.03. The van der Waals surface area contributed by atoms with Crippen LogP contribution in [0.25, 0.3) is 11.1 Å². The summed E-state index contributed by atoms with van der Waals surface area (Å²) >= 11 is 0. The van der Waals surface area contributed by atoms with Gasteiger partial charge in [0.05, 0.1) is 12.6 Å². The van der Waals surface area contributed by atoms with Gasteiger partial charge < -0.3 is 15.8 Å². The lowest BCUT2D eigenvalue weighted by atomic mass is 9.98. The molecular weight excluding hydrogens is 366 g/mol. The highest BCUT2D eigenvalue weighted by atomic mass is 16.5. The third-order valence-electron chi connectivity index (χ3n) is 5.21. The van der Waals surface area contributed by atoms with Gasteiger partial charge in [0.2, 0.25) is 5.91 Å². The molecule has 1 amide bonds.